The van der Waals surface area contributed by atoms with Gasteiger partial charge < -0.3 is 15.0 Å². The molecule has 1 saturated heterocycles. The largest absolute Gasteiger partial charge is 0.374 e. The van der Waals surface area contributed by atoms with Gasteiger partial charge in [0.05, 0.1) is 18.8 Å². The summed E-state index contributed by atoms with van der Waals surface area (Å²) < 4.78 is 19.7. The second-order valence-corrected chi connectivity index (χ2v) is 4.96. The fraction of sp³-hybridized carbons (Fsp3) is 0.571. The Labute approximate surface area is 108 Å². The molecular formula is C14H21FN2O. The van der Waals surface area contributed by atoms with E-state index in [1.165, 1.54) is 6.07 Å². The lowest BCUT2D eigenvalue weighted by molar-refractivity contribution is -0.0385. The minimum atomic E-state index is -0.170. The van der Waals surface area contributed by atoms with Gasteiger partial charge in [-0.25, -0.2) is 4.39 Å². The minimum absolute atomic E-state index is 0.00921. The summed E-state index contributed by atoms with van der Waals surface area (Å²) in [6.07, 6.45) is -0.00921. The molecule has 2 unspecified atom stereocenters. The summed E-state index contributed by atoms with van der Waals surface area (Å²) in [5, 5.41) is 3.18. The predicted molar refractivity (Wildman–Crippen MR) is 70.2 cm³/mol. The molecule has 0 aromatic heterocycles. The zero-order valence-corrected chi connectivity index (χ0v) is 11.2. The van der Waals surface area contributed by atoms with Gasteiger partial charge in [-0.15, -0.1) is 0 Å². The molecule has 3 nitrogen and oxygen atoms in total. The number of morpholine rings is 1. The first-order valence-corrected chi connectivity index (χ1v) is 6.35. The van der Waals surface area contributed by atoms with Crippen LogP contribution < -0.4 is 5.32 Å². The van der Waals surface area contributed by atoms with Crippen molar-refractivity contribution in [2.24, 2.45) is 0 Å². The molecule has 0 radical (unpaired) electrons. The highest BCUT2D eigenvalue weighted by molar-refractivity contribution is 5.28. The average molecular weight is 252 g/mol. The molecule has 0 spiro atoms. The maximum absolute atomic E-state index is 13.9. The van der Waals surface area contributed by atoms with E-state index < -0.39 is 0 Å². The van der Waals surface area contributed by atoms with Crippen molar-refractivity contribution in [3.8, 4) is 0 Å². The molecule has 1 fully saturated rings. The van der Waals surface area contributed by atoms with E-state index in [1.807, 2.05) is 20.0 Å². The van der Waals surface area contributed by atoms with Gasteiger partial charge in [-0.3, -0.25) is 0 Å². The topological polar surface area (TPSA) is 24.5 Å². The summed E-state index contributed by atoms with van der Waals surface area (Å²) in [6, 6.07) is 5.11. The lowest BCUT2D eigenvalue weighted by Crippen LogP contribution is -2.46. The summed E-state index contributed by atoms with van der Waals surface area (Å²) in [5.74, 6) is -0.170. The highest BCUT2D eigenvalue weighted by atomic mass is 19.1. The number of hydrogen-bond acceptors (Lipinski definition) is 3. The van der Waals surface area contributed by atoms with E-state index in [2.05, 4.69) is 17.3 Å². The molecule has 0 aliphatic carbocycles. The maximum Gasteiger partial charge on any atom is 0.128 e. The van der Waals surface area contributed by atoms with E-state index in [1.54, 1.807) is 6.07 Å². The van der Waals surface area contributed by atoms with E-state index in [-0.39, 0.29) is 18.0 Å². The lowest BCUT2D eigenvalue weighted by Gasteiger charge is -2.35. The van der Waals surface area contributed by atoms with Crippen LogP contribution in [0, 0.1) is 12.7 Å². The quantitative estimate of drug-likeness (QED) is 0.886. The normalized spacial score (nSPS) is 23.0. The van der Waals surface area contributed by atoms with Crippen LogP contribution in [0.1, 0.15) is 17.2 Å². The molecule has 4 heteroatoms. The molecule has 1 N–H and O–H groups in total. The smallest absolute Gasteiger partial charge is 0.128 e. The Kier molecular flexibility index (Phi) is 4.32. The van der Waals surface area contributed by atoms with Crippen LogP contribution in [0.25, 0.3) is 0 Å². The van der Waals surface area contributed by atoms with Gasteiger partial charge in [-0.05, 0) is 27.1 Å². The van der Waals surface area contributed by atoms with Crippen molar-refractivity contribution in [1.29, 1.82) is 0 Å². The number of nitrogens with one attached hydrogen (secondary N) is 1. The second-order valence-electron chi connectivity index (χ2n) is 4.96. The number of benzene rings is 1. The molecule has 0 amide bonds. The highest BCUT2D eigenvalue weighted by Gasteiger charge is 2.28. The third kappa shape index (κ3) is 2.88. The van der Waals surface area contributed by atoms with Crippen LogP contribution in [0.3, 0.4) is 0 Å². The van der Waals surface area contributed by atoms with Crippen molar-refractivity contribution in [3.63, 3.8) is 0 Å². The number of rotatable bonds is 3. The Morgan fingerprint density at radius 1 is 1.50 bits per heavy atom. The number of halogens is 1. The number of nitrogens with zero attached hydrogens (tertiary/aromatic N) is 1. The molecule has 2 rings (SSSR count). The number of likely N-dealkylation sites (N-methyl/N-ethyl adjacent to an activating group) is 2. The van der Waals surface area contributed by atoms with E-state index >= 15 is 0 Å². The highest BCUT2D eigenvalue weighted by Crippen LogP contribution is 2.25. The maximum atomic E-state index is 13.9. The van der Waals surface area contributed by atoms with Crippen molar-refractivity contribution in [1.82, 2.24) is 10.2 Å². The Bertz CT molecular complexity index is 411. The lowest BCUT2D eigenvalue weighted by atomic mass is 9.98. The average Bonchev–Trinajstić information content (AvgIpc) is 2.35. The van der Waals surface area contributed by atoms with Gasteiger partial charge in [0.1, 0.15) is 5.82 Å². The van der Waals surface area contributed by atoms with Gasteiger partial charge in [0.25, 0.3) is 0 Å². The Balaban J connectivity index is 2.24. The third-order valence-corrected chi connectivity index (χ3v) is 3.47. The molecule has 2 atom stereocenters. The zero-order chi connectivity index (χ0) is 13.1. The van der Waals surface area contributed by atoms with E-state index in [4.69, 9.17) is 4.74 Å². The van der Waals surface area contributed by atoms with Crippen molar-refractivity contribution >= 4 is 0 Å². The first-order valence-electron chi connectivity index (χ1n) is 6.35. The van der Waals surface area contributed by atoms with Crippen LogP contribution in [0.15, 0.2) is 18.2 Å². The Hall–Kier alpha value is -0.970. The SMILES string of the molecule is CNC(c1cc(C)ccc1F)C1CN(C)CCO1. The molecule has 1 aromatic rings. The van der Waals surface area contributed by atoms with Crippen molar-refractivity contribution in [3.05, 3.63) is 35.1 Å². The molecule has 1 aromatic carbocycles. The monoisotopic (exact) mass is 252 g/mol. The van der Waals surface area contributed by atoms with E-state index in [9.17, 15) is 4.39 Å². The van der Waals surface area contributed by atoms with Crippen LogP contribution in [-0.2, 0) is 4.74 Å². The van der Waals surface area contributed by atoms with Crippen LogP contribution in [0.5, 0.6) is 0 Å². The summed E-state index contributed by atoms with van der Waals surface area (Å²) in [6.45, 7) is 4.43. The summed E-state index contributed by atoms with van der Waals surface area (Å²) >= 11 is 0. The fourth-order valence-electron chi connectivity index (χ4n) is 2.46. The van der Waals surface area contributed by atoms with Gasteiger partial charge in [0, 0.05) is 18.7 Å². The Morgan fingerprint density at radius 3 is 2.94 bits per heavy atom. The summed E-state index contributed by atoms with van der Waals surface area (Å²) in [4.78, 5) is 2.21. The van der Waals surface area contributed by atoms with Gasteiger partial charge in [0.15, 0.2) is 0 Å². The van der Waals surface area contributed by atoms with E-state index in [0.717, 1.165) is 18.7 Å². The number of hydrogen-bond donors (Lipinski definition) is 1. The molecule has 18 heavy (non-hydrogen) atoms. The molecular weight excluding hydrogens is 231 g/mol. The van der Waals surface area contributed by atoms with Gasteiger partial charge in [-0.2, -0.15) is 0 Å². The predicted octanol–water partition coefficient (Wildman–Crippen LogP) is 1.73. The first kappa shape index (κ1) is 13.5. The number of aryl methyl sites for hydroxylation is 1. The van der Waals surface area contributed by atoms with Crippen molar-refractivity contribution in [2.45, 2.75) is 19.1 Å². The molecule has 1 heterocycles. The second kappa shape index (κ2) is 5.78. The Morgan fingerprint density at radius 2 is 2.28 bits per heavy atom. The summed E-state index contributed by atoms with van der Waals surface area (Å²) in [5.41, 5.74) is 1.76. The molecule has 0 saturated carbocycles. The molecule has 1 aliphatic rings. The van der Waals surface area contributed by atoms with Crippen molar-refractivity contribution < 1.29 is 9.13 Å². The third-order valence-electron chi connectivity index (χ3n) is 3.47. The minimum Gasteiger partial charge on any atom is -0.374 e. The van der Waals surface area contributed by atoms with Gasteiger partial charge >= 0.3 is 0 Å². The van der Waals surface area contributed by atoms with Gasteiger partial charge in [0.2, 0.25) is 0 Å². The summed E-state index contributed by atoms with van der Waals surface area (Å²) in [7, 11) is 3.92. The molecule has 0 bridgehead atoms. The molecule has 100 valence electrons. The van der Waals surface area contributed by atoms with Crippen LogP contribution in [-0.4, -0.2) is 44.8 Å². The number of ether oxygens (including phenoxy) is 1. The van der Waals surface area contributed by atoms with E-state index in [0.29, 0.717) is 12.2 Å². The van der Waals surface area contributed by atoms with Crippen molar-refractivity contribution in [2.75, 3.05) is 33.8 Å². The zero-order valence-electron chi connectivity index (χ0n) is 11.2. The van der Waals surface area contributed by atoms with Gasteiger partial charge in [-0.1, -0.05) is 17.7 Å². The standard InChI is InChI=1S/C14H21FN2O/c1-10-4-5-12(15)11(8-10)14(16-2)13-9-17(3)6-7-18-13/h4-5,8,13-14,16H,6-7,9H2,1-3H3. The van der Waals surface area contributed by atoms with Crippen LogP contribution >= 0.6 is 0 Å². The fourth-order valence-corrected chi connectivity index (χ4v) is 2.46. The van der Waals surface area contributed by atoms with Crippen LogP contribution in [0.2, 0.25) is 0 Å². The van der Waals surface area contributed by atoms with Crippen LogP contribution in [0.4, 0.5) is 4.39 Å². The first-order chi connectivity index (χ1) is 8.61. The molecule has 1 aliphatic heterocycles.